The summed E-state index contributed by atoms with van der Waals surface area (Å²) in [6.07, 6.45) is 13.0. The van der Waals surface area contributed by atoms with Crippen LogP contribution in [-0.4, -0.2) is 15.0 Å². The highest BCUT2D eigenvalue weighted by Crippen LogP contribution is 2.56. The summed E-state index contributed by atoms with van der Waals surface area (Å²) in [5.41, 5.74) is 9.17. The van der Waals surface area contributed by atoms with Crippen LogP contribution < -0.4 is 0 Å². The summed E-state index contributed by atoms with van der Waals surface area (Å²) >= 11 is 0. The lowest BCUT2D eigenvalue weighted by molar-refractivity contribution is 0.0779. The summed E-state index contributed by atoms with van der Waals surface area (Å²) < 4.78 is 0. The smallest absolute Gasteiger partial charge is 0.164 e. The maximum Gasteiger partial charge on any atom is 0.164 e. The van der Waals surface area contributed by atoms with Crippen LogP contribution in [0.25, 0.3) is 45.3 Å². The molecule has 0 amide bonds. The summed E-state index contributed by atoms with van der Waals surface area (Å²) in [5, 5.41) is 9.83. The van der Waals surface area contributed by atoms with E-state index in [1.807, 2.05) is 24.3 Å². The molecule has 4 aromatic carbocycles. The molecule has 9 rings (SSSR count). The highest BCUT2D eigenvalue weighted by molar-refractivity contribution is 5.75. The van der Waals surface area contributed by atoms with Crippen LogP contribution in [0.15, 0.2) is 97.1 Å². The van der Waals surface area contributed by atoms with Crippen LogP contribution in [0, 0.1) is 46.8 Å². The van der Waals surface area contributed by atoms with Crippen molar-refractivity contribution in [2.45, 2.75) is 103 Å². The van der Waals surface area contributed by atoms with Crippen LogP contribution in [0.5, 0.6) is 0 Å². The van der Waals surface area contributed by atoms with Crippen LogP contribution in [0.1, 0.15) is 109 Å². The molecule has 0 N–H and O–H groups in total. The van der Waals surface area contributed by atoms with Gasteiger partial charge in [-0.1, -0.05) is 100 Å². The van der Waals surface area contributed by atoms with Gasteiger partial charge in [0.05, 0.1) is 11.6 Å². The molecule has 0 saturated heterocycles. The quantitative estimate of drug-likeness (QED) is 0.176. The Hall–Kier alpha value is -4.62. The maximum absolute atomic E-state index is 9.83. The molecule has 0 radical (unpaired) electrons. The Labute approximate surface area is 322 Å². The van der Waals surface area contributed by atoms with Gasteiger partial charge in [-0.05, 0) is 157 Å². The Morgan fingerprint density at radius 3 is 1.50 bits per heavy atom. The molecule has 4 fully saturated rings. The first-order valence-electron chi connectivity index (χ1n) is 20.7. The van der Waals surface area contributed by atoms with Crippen LogP contribution >= 0.6 is 0 Å². The normalized spacial score (nSPS) is 30.4. The third-order valence-electron chi connectivity index (χ3n) is 13.8. The van der Waals surface area contributed by atoms with E-state index in [1.54, 1.807) is 0 Å². The molecule has 54 heavy (non-hydrogen) atoms. The van der Waals surface area contributed by atoms with Gasteiger partial charge in [0.25, 0.3) is 0 Å². The highest BCUT2D eigenvalue weighted by atomic mass is 15.0. The zero-order valence-corrected chi connectivity index (χ0v) is 32.6. The number of aromatic nitrogens is 3. The molecule has 274 valence electrons. The van der Waals surface area contributed by atoms with Gasteiger partial charge < -0.3 is 0 Å². The fourth-order valence-electron chi connectivity index (χ4n) is 12.4. The van der Waals surface area contributed by atoms with Gasteiger partial charge >= 0.3 is 0 Å². The molecule has 8 atom stereocenters. The highest BCUT2D eigenvalue weighted by Gasteiger charge is 2.46. The summed E-state index contributed by atoms with van der Waals surface area (Å²) in [5.74, 6) is 6.66. The van der Waals surface area contributed by atoms with Crippen molar-refractivity contribution < 1.29 is 0 Å². The van der Waals surface area contributed by atoms with Gasteiger partial charge in [-0.25, -0.2) is 15.0 Å². The van der Waals surface area contributed by atoms with Crippen molar-refractivity contribution in [2.24, 2.45) is 35.5 Å². The summed E-state index contributed by atoms with van der Waals surface area (Å²) in [7, 11) is 0. The van der Waals surface area contributed by atoms with Gasteiger partial charge in [0.1, 0.15) is 0 Å². The van der Waals surface area contributed by atoms with E-state index in [4.69, 9.17) is 15.0 Å². The van der Waals surface area contributed by atoms with Crippen LogP contribution in [0.3, 0.4) is 0 Å². The molecular formula is C50H54N4. The Morgan fingerprint density at radius 1 is 0.463 bits per heavy atom. The number of hydrogen-bond acceptors (Lipinski definition) is 4. The van der Waals surface area contributed by atoms with E-state index in [-0.39, 0.29) is 10.8 Å². The number of nitriles is 1. The molecule has 1 aromatic heterocycles. The van der Waals surface area contributed by atoms with E-state index in [2.05, 4.69) is 107 Å². The second-order valence-electron chi connectivity index (χ2n) is 18.6. The predicted molar refractivity (Wildman–Crippen MR) is 219 cm³/mol. The zero-order valence-electron chi connectivity index (χ0n) is 32.6. The van der Waals surface area contributed by atoms with Gasteiger partial charge in [0.15, 0.2) is 17.5 Å². The first kappa shape index (κ1) is 35.1. The Kier molecular flexibility index (Phi) is 9.04. The molecular weight excluding hydrogens is 657 g/mol. The van der Waals surface area contributed by atoms with Gasteiger partial charge in [0.2, 0.25) is 0 Å². The maximum atomic E-state index is 9.83. The minimum Gasteiger partial charge on any atom is -0.208 e. The molecule has 4 bridgehead atoms. The van der Waals surface area contributed by atoms with Crippen molar-refractivity contribution in [1.29, 1.82) is 5.26 Å². The average molecular weight is 711 g/mol. The lowest BCUT2D eigenvalue weighted by Crippen LogP contribution is -2.42. The zero-order chi connectivity index (χ0) is 37.0. The molecule has 0 spiro atoms. The standard InChI is InChI=1S/C50H54N4/c1-32-17-37-18-33(2)26-49(25-32,29-37)44-15-13-40(14-16-44)47-52-46(39-10-6-5-7-11-39)53-48(54-47)43-22-42(41-12-8-9-36(21-41)31-51)23-45(24-43)50-27-34(3)19-38(30-50)20-35(4)28-50/h5-16,21-24,32-35,37-38H,17-20,25-30H2,1-4H3/t32-,33+,34-,35+,37?,38?,49?,50?. The van der Waals surface area contributed by atoms with Gasteiger partial charge in [0, 0.05) is 16.7 Å². The first-order valence-corrected chi connectivity index (χ1v) is 20.7. The third-order valence-corrected chi connectivity index (χ3v) is 13.8. The molecule has 4 aliphatic carbocycles. The fraction of sp³-hybridized carbons (Fsp3) is 0.440. The number of benzene rings is 4. The number of fused-ring (bicyclic) bond motifs is 4. The molecule has 1 heterocycles. The molecule has 4 saturated carbocycles. The molecule has 4 nitrogen and oxygen atoms in total. The summed E-state index contributed by atoms with van der Waals surface area (Å²) in [6.45, 7) is 9.83. The third kappa shape index (κ3) is 6.70. The monoisotopic (exact) mass is 710 g/mol. The molecule has 4 unspecified atom stereocenters. The SMILES string of the molecule is C[C@@H]1CC2C[C@H](C)CC(c3ccc(-c4nc(-c5ccccc5)nc(-c5cc(-c6cccc(C#N)c6)cc(C67CC(C[C@@H](C)C6)C[C@H](C)C7)c5)n4)cc3)(C2)C1. The molecule has 4 aliphatic rings. The molecule has 4 heteroatoms. The molecule has 5 aromatic rings. The Balaban J connectivity index is 1.18. The fourth-order valence-corrected chi connectivity index (χ4v) is 12.4. The Bertz CT molecular complexity index is 2160. The van der Waals surface area contributed by atoms with Crippen molar-refractivity contribution in [3.63, 3.8) is 0 Å². The van der Waals surface area contributed by atoms with E-state index < -0.39 is 0 Å². The lowest BCUT2D eigenvalue weighted by atomic mass is 9.54. The van der Waals surface area contributed by atoms with E-state index >= 15 is 0 Å². The first-order chi connectivity index (χ1) is 26.2. The van der Waals surface area contributed by atoms with E-state index in [1.165, 1.54) is 75.3 Å². The second-order valence-corrected chi connectivity index (χ2v) is 18.6. The minimum atomic E-state index is 0.122. The van der Waals surface area contributed by atoms with E-state index in [9.17, 15) is 5.26 Å². The number of hydrogen-bond donors (Lipinski definition) is 0. The minimum absolute atomic E-state index is 0.122. The largest absolute Gasteiger partial charge is 0.208 e. The average Bonchev–Trinajstić information content (AvgIpc) is 3.17. The predicted octanol–water partition coefficient (Wildman–Crippen LogP) is 12.6. The van der Waals surface area contributed by atoms with Crippen molar-refractivity contribution in [2.75, 3.05) is 0 Å². The van der Waals surface area contributed by atoms with Crippen molar-refractivity contribution in [3.8, 4) is 51.4 Å². The topological polar surface area (TPSA) is 62.5 Å². The van der Waals surface area contributed by atoms with Crippen LogP contribution in [0.2, 0.25) is 0 Å². The molecule has 0 aliphatic heterocycles. The lowest BCUT2D eigenvalue weighted by Gasteiger charge is -2.50. The van der Waals surface area contributed by atoms with Crippen molar-refractivity contribution in [3.05, 3.63) is 114 Å². The van der Waals surface area contributed by atoms with Crippen LogP contribution in [-0.2, 0) is 10.8 Å². The number of rotatable bonds is 6. The second kappa shape index (κ2) is 13.9. The Morgan fingerprint density at radius 2 is 0.944 bits per heavy atom. The van der Waals surface area contributed by atoms with Gasteiger partial charge in [-0.15, -0.1) is 0 Å². The van der Waals surface area contributed by atoms with Gasteiger partial charge in [-0.2, -0.15) is 5.26 Å². The van der Waals surface area contributed by atoms with E-state index in [0.717, 1.165) is 51.5 Å². The van der Waals surface area contributed by atoms with Gasteiger partial charge in [-0.3, -0.25) is 0 Å². The number of nitrogens with zero attached hydrogens (tertiary/aromatic N) is 4. The van der Waals surface area contributed by atoms with Crippen molar-refractivity contribution in [1.82, 2.24) is 15.0 Å². The summed E-state index contributed by atoms with van der Waals surface area (Å²) in [4.78, 5) is 15.7. The van der Waals surface area contributed by atoms with E-state index in [0.29, 0.717) is 34.9 Å². The van der Waals surface area contributed by atoms with Crippen molar-refractivity contribution >= 4 is 0 Å². The van der Waals surface area contributed by atoms with Crippen LogP contribution in [0.4, 0.5) is 0 Å². The summed E-state index contributed by atoms with van der Waals surface area (Å²) in [6, 6.07) is 37.1.